The van der Waals surface area contributed by atoms with Crippen molar-refractivity contribution in [1.29, 1.82) is 0 Å². The molecule has 0 aliphatic carbocycles. The Bertz CT molecular complexity index is 2300. The van der Waals surface area contributed by atoms with Crippen LogP contribution in [-0.4, -0.2) is 175 Å². The first-order valence-electron chi connectivity index (χ1n) is 23.6. The largest absolute Gasteiger partial charge is 0.481 e. The van der Waals surface area contributed by atoms with Crippen molar-refractivity contribution in [2.45, 2.75) is 134 Å². The first-order chi connectivity index (χ1) is 34.8. The molecule has 0 spiro atoms. The van der Waals surface area contributed by atoms with Gasteiger partial charge in [0.15, 0.2) is 0 Å². The Kier molecular flexibility index (Phi) is 26.9. The Balaban J connectivity index is 2.26. The number of hydrogen-bond acceptors (Lipinski definition) is 16. The predicted molar refractivity (Wildman–Crippen MR) is 274 cm³/mol. The van der Waals surface area contributed by atoms with Crippen molar-refractivity contribution < 1.29 is 73.2 Å². The summed E-state index contributed by atoms with van der Waals surface area (Å²) in [7, 11) is 0. The first-order valence-corrected chi connectivity index (χ1v) is 25.7. The van der Waals surface area contributed by atoms with Gasteiger partial charge in [0.1, 0.15) is 48.3 Å². The third-order valence-electron chi connectivity index (χ3n) is 11.7. The fourth-order valence-electron chi connectivity index (χ4n) is 7.16. The van der Waals surface area contributed by atoms with Crippen LogP contribution in [0.1, 0.15) is 72.3 Å². The molecule has 412 valence electrons. The number of fused-ring (bicyclic) bond motifs is 1. The number of amides is 9. The van der Waals surface area contributed by atoms with E-state index < -0.39 is 163 Å². The van der Waals surface area contributed by atoms with E-state index in [0.29, 0.717) is 17.7 Å². The standard InChI is InChI=1S/C46H71N11O15S2/c1-7-22(4)36(44(69)57-37(23(5)59)45(70)52-30(17-34(61)62)39(64)50-28(46(71)72)12-13-33(48)60)56-41(66)31(19-58)53-42(67)32(20-73)54-43(68)35(21(2)3)55-40(65)29(51-38(63)26(47)14-15-74-6)16-24-18-49-27-11-9-8-10-25(24)27/h8-11,18,21-23,26,28-32,35-37,49,58-59,73H,7,12-17,19-20,47H2,1-6H3,(H2,48,60)(H,50,64)(H,51,63)(H,52,70)(H,53,67)(H,54,68)(H,55,65)(H,56,66)(H,57,69)(H,61,62)(H,71,72)/t22-,23+,26-,28-,29-,30-,31-,32-,35-,36-,37-/m0/s1. The number of hydrogen-bond donors (Lipinski definition) is 16. The van der Waals surface area contributed by atoms with Crippen LogP contribution in [0.4, 0.5) is 0 Å². The molecule has 0 saturated carbocycles. The second-order valence-corrected chi connectivity index (χ2v) is 19.2. The van der Waals surface area contributed by atoms with Gasteiger partial charge in [-0.3, -0.25) is 47.9 Å². The number of aromatic nitrogens is 1. The maximum atomic E-state index is 14.0. The van der Waals surface area contributed by atoms with E-state index in [1.165, 1.54) is 18.7 Å². The summed E-state index contributed by atoms with van der Waals surface area (Å²) in [6.45, 7) is 6.45. The summed E-state index contributed by atoms with van der Waals surface area (Å²) in [5.74, 6) is -13.1. The topological polar surface area (TPSA) is 433 Å². The molecule has 2 aromatic rings. The third-order valence-corrected chi connectivity index (χ3v) is 12.8. The number of carboxylic acid groups (broad SMARTS) is 2. The summed E-state index contributed by atoms with van der Waals surface area (Å²) < 4.78 is 0. The monoisotopic (exact) mass is 1080 g/mol. The molecule has 1 aromatic carbocycles. The molecule has 0 radical (unpaired) electrons. The number of benzene rings is 1. The van der Waals surface area contributed by atoms with Crippen LogP contribution >= 0.6 is 24.4 Å². The number of carbonyl (C=O) groups excluding carboxylic acids is 9. The lowest BCUT2D eigenvalue weighted by Gasteiger charge is -2.30. The maximum absolute atomic E-state index is 14.0. The number of aliphatic hydroxyl groups excluding tert-OH is 2. The number of nitrogens with one attached hydrogen (secondary N) is 9. The van der Waals surface area contributed by atoms with Crippen molar-refractivity contribution in [3.8, 4) is 0 Å². The summed E-state index contributed by atoms with van der Waals surface area (Å²) >= 11 is 5.70. The summed E-state index contributed by atoms with van der Waals surface area (Å²) in [6.07, 6.45) is 0.380. The third kappa shape index (κ3) is 20.1. The van der Waals surface area contributed by atoms with E-state index in [9.17, 15) is 73.2 Å². The average Bonchev–Trinajstić information content (AvgIpc) is 3.75. The predicted octanol–water partition coefficient (Wildman–Crippen LogP) is -3.50. The summed E-state index contributed by atoms with van der Waals surface area (Å²) in [5, 5.41) is 59.5. The summed E-state index contributed by atoms with van der Waals surface area (Å²) in [5.41, 5.74) is 12.7. The summed E-state index contributed by atoms with van der Waals surface area (Å²) in [6, 6.07) is -6.42. The average molecular weight is 1080 g/mol. The van der Waals surface area contributed by atoms with Crippen LogP contribution in [0, 0.1) is 11.8 Å². The van der Waals surface area contributed by atoms with Crippen LogP contribution in [0.3, 0.4) is 0 Å². The molecule has 2 rings (SSSR count). The van der Waals surface area contributed by atoms with E-state index in [1.807, 2.05) is 35.8 Å². The molecular formula is C46H71N11O15S2. The number of carbonyl (C=O) groups is 11. The Morgan fingerprint density at radius 2 is 1.19 bits per heavy atom. The lowest BCUT2D eigenvalue weighted by Crippen LogP contribution is -2.63. The van der Waals surface area contributed by atoms with Gasteiger partial charge in [-0.15, -0.1) is 0 Å². The van der Waals surface area contributed by atoms with Gasteiger partial charge in [0, 0.05) is 35.7 Å². The lowest BCUT2D eigenvalue weighted by atomic mass is 9.97. The molecule has 0 aliphatic heterocycles. The fraction of sp³-hybridized carbons (Fsp3) is 0.587. The number of para-hydroxylation sites is 1. The molecular weight excluding hydrogens is 1010 g/mol. The molecule has 11 atom stereocenters. The minimum atomic E-state index is -1.96. The van der Waals surface area contributed by atoms with Gasteiger partial charge >= 0.3 is 11.9 Å². The molecule has 17 N–H and O–H groups in total. The van der Waals surface area contributed by atoms with E-state index in [0.717, 1.165) is 17.8 Å². The van der Waals surface area contributed by atoms with Gasteiger partial charge in [-0.05, 0) is 55.2 Å². The van der Waals surface area contributed by atoms with E-state index in [4.69, 9.17) is 11.5 Å². The molecule has 9 amide bonds. The van der Waals surface area contributed by atoms with Crippen molar-refractivity contribution in [2.24, 2.45) is 23.3 Å². The van der Waals surface area contributed by atoms with Gasteiger partial charge < -0.3 is 79.4 Å². The van der Waals surface area contributed by atoms with Gasteiger partial charge in [-0.25, -0.2) is 4.79 Å². The number of nitrogens with two attached hydrogens (primary N) is 2. The van der Waals surface area contributed by atoms with E-state index in [1.54, 1.807) is 27.0 Å². The fourth-order valence-corrected chi connectivity index (χ4v) is 7.91. The number of H-pyrrole nitrogens is 1. The Morgan fingerprint density at radius 3 is 1.74 bits per heavy atom. The maximum Gasteiger partial charge on any atom is 0.326 e. The Morgan fingerprint density at radius 1 is 0.676 bits per heavy atom. The smallest absolute Gasteiger partial charge is 0.326 e. The minimum absolute atomic E-state index is 0.0151. The Labute approximate surface area is 437 Å². The zero-order chi connectivity index (χ0) is 56.0. The van der Waals surface area contributed by atoms with Crippen LogP contribution < -0.4 is 54.0 Å². The second kappa shape index (κ2) is 31.3. The van der Waals surface area contributed by atoms with E-state index in [2.05, 4.69) is 54.8 Å². The number of primary amides is 1. The molecule has 0 saturated heterocycles. The number of aliphatic hydroxyl groups is 2. The van der Waals surface area contributed by atoms with Crippen LogP contribution in [0.2, 0.25) is 0 Å². The highest BCUT2D eigenvalue weighted by molar-refractivity contribution is 7.98. The van der Waals surface area contributed by atoms with Crippen molar-refractivity contribution in [1.82, 2.24) is 47.5 Å². The highest BCUT2D eigenvalue weighted by Gasteiger charge is 2.38. The Hall–Kier alpha value is -6.49. The highest BCUT2D eigenvalue weighted by Crippen LogP contribution is 2.20. The molecule has 28 heteroatoms. The van der Waals surface area contributed by atoms with Crippen molar-refractivity contribution in [2.75, 3.05) is 24.4 Å². The van der Waals surface area contributed by atoms with E-state index in [-0.39, 0.29) is 18.6 Å². The van der Waals surface area contributed by atoms with Gasteiger partial charge in [-0.2, -0.15) is 24.4 Å². The quantitative estimate of drug-likeness (QED) is 0.0308. The number of aliphatic carboxylic acids is 2. The lowest BCUT2D eigenvalue weighted by molar-refractivity contribution is -0.144. The van der Waals surface area contributed by atoms with Gasteiger partial charge in [0.2, 0.25) is 53.2 Å². The minimum Gasteiger partial charge on any atom is -0.481 e. The van der Waals surface area contributed by atoms with Crippen molar-refractivity contribution in [3.63, 3.8) is 0 Å². The van der Waals surface area contributed by atoms with Crippen LogP contribution in [0.15, 0.2) is 30.5 Å². The number of thiol groups is 1. The number of carboxylic acids is 2. The zero-order valence-corrected chi connectivity index (χ0v) is 43.7. The van der Waals surface area contributed by atoms with Crippen LogP contribution in [0.25, 0.3) is 10.9 Å². The van der Waals surface area contributed by atoms with Gasteiger partial charge in [-0.1, -0.05) is 52.3 Å². The number of aromatic amines is 1. The summed E-state index contributed by atoms with van der Waals surface area (Å²) in [4.78, 5) is 146. The van der Waals surface area contributed by atoms with E-state index >= 15 is 0 Å². The molecule has 1 heterocycles. The zero-order valence-electron chi connectivity index (χ0n) is 42.0. The number of thioether (sulfide) groups is 1. The van der Waals surface area contributed by atoms with Crippen molar-refractivity contribution >= 4 is 100 Å². The first kappa shape index (κ1) is 63.6. The molecule has 0 fully saturated rings. The molecule has 0 unspecified atom stereocenters. The van der Waals surface area contributed by atoms with Crippen LogP contribution in [-0.2, 0) is 59.2 Å². The van der Waals surface area contributed by atoms with Crippen LogP contribution in [0.5, 0.6) is 0 Å². The molecule has 1 aromatic heterocycles. The molecule has 0 bridgehead atoms. The SMILES string of the molecule is CC[C@H](C)[C@H](NC(=O)[C@H](CO)NC(=O)[C@H](CS)NC(=O)[C@@H](NC(=O)[C@H](Cc1c[nH]c2ccccc12)NC(=O)[C@@H](N)CCSC)C(C)C)C(=O)N[C@H](C(=O)N[C@@H](CC(=O)O)C(=O)N[C@@H](CCC(N)=O)C(=O)O)[C@@H](C)O. The van der Waals surface area contributed by atoms with Crippen molar-refractivity contribution in [3.05, 3.63) is 36.0 Å². The van der Waals surface area contributed by atoms with Gasteiger partial charge in [0.05, 0.1) is 25.2 Å². The van der Waals surface area contributed by atoms with Gasteiger partial charge in [0.25, 0.3) is 0 Å². The highest BCUT2D eigenvalue weighted by atomic mass is 32.2. The molecule has 74 heavy (non-hydrogen) atoms. The molecule has 0 aliphatic rings. The normalized spacial score (nSPS) is 15.7. The second-order valence-electron chi connectivity index (χ2n) is 17.9. The molecule has 26 nitrogen and oxygen atoms in total. The number of rotatable bonds is 33.